The highest BCUT2D eigenvalue weighted by Crippen LogP contribution is 2.33. The maximum atomic E-state index is 12.9. The molecule has 0 saturated heterocycles. The molecule has 7 heteroatoms. The fourth-order valence-electron chi connectivity index (χ4n) is 3.04. The van der Waals surface area contributed by atoms with Crippen LogP contribution in [0.3, 0.4) is 0 Å². The number of benzene rings is 1. The van der Waals surface area contributed by atoms with Gasteiger partial charge in [0.25, 0.3) is 5.56 Å². The normalized spacial score (nSPS) is 14.1. The van der Waals surface area contributed by atoms with E-state index >= 15 is 0 Å². The lowest BCUT2D eigenvalue weighted by atomic mass is 10.0. The molecular formula is C21H20F3NO3. The molecule has 0 spiro atoms. The van der Waals surface area contributed by atoms with Gasteiger partial charge < -0.3 is 4.57 Å². The van der Waals surface area contributed by atoms with Gasteiger partial charge in [-0.05, 0) is 42.5 Å². The number of carbonyl (C=O) groups excluding carboxylic acids is 2. The van der Waals surface area contributed by atoms with Crippen molar-refractivity contribution in [2.24, 2.45) is 5.92 Å². The largest absolute Gasteiger partial charge is 0.416 e. The quantitative estimate of drug-likeness (QED) is 0.654. The lowest BCUT2D eigenvalue weighted by molar-refractivity contribution is -0.137. The van der Waals surface area contributed by atoms with E-state index in [9.17, 15) is 27.6 Å². The average molecular weight is 391 g/mol. The number of hydrogen-bond acceptors (Lipinski definition) is 3. The van der Waals surface area contributed by atoms with Crippen LogP contribution in [0.4, 0.5) is 13.2 Å². The van der Waals surface area contributed by atoms with Crippen LogP contribution in [0, 0.1) is 5.92 Å². The summed E-state index contributed by atoms with van der Waals surface area (Å²) in [6.07, 6.45) is -0.737. The van der Waals surface area contributed by atoms with Gasteiger partial charge in [0.1, 0.15) is 0 Å². The van der Waals surface area contributed by atoms with E-state index < -0.39 is 23.1 Å². The molecule has 0 aliphatic heterocycles. The molecule has 4 nitrogen and oxygen atoms in total. The number of rotatable bonds is 7. The molecule has 3 rings (SSSR count). The van der Waals surface area contributed by atoms with Crippen LogP contribution in [0.1, 0.15) is 64.4 Å². The van der Waals surface area contributed by atoms with E-state index in [4.69, 9.17) is 0 Å². The average Bonchev–Trinajstić information content (AvgIpc) is 3.46. The van der Waals surface area contributed by atoms with Gasteiger partial charge in [-0.3, -0.25) is 14.4 Å². The fraction of sp³-hybridized carbons (Fsp3) is 0.381. The predicted octanol–water partition coefficient (Wildman–Crippen LogP) is 4.49. The van der Waals surface area contributed by atoms with Crippen LogP contribution in [0.25, 0.3) is 0 Å². The molecule has 0 amide bonds. The number of aromatic nitrogens is 1. The molecule has 1 aliphatic rings. The zero-order valence-electron chi connectivity index (χ0n) is 15.4. The third kappa shape index (κ3) is 4.58. The van der Waals surface area contributed by atoms with Crippen LogP contribution < -0.4 is 5.56 Å². The Bertz CT molecular complexity index is 972. The monoisotopic (exact) mass is 391 g/mol. The molecule has 1 aromatic carbocycles. The summed E-state index contributed by atoms with van der Waals surface area (Å²) in [6.45, 7) is 1.45. The summed E-state index contributed by atoms with van der Waals surface area (Å²) in [6, 6.07) is 5.98. The highest BCUT2D eigenvalue weighted by atomic mass is 19.4. The number of halogens is 3. The zero-order valence-corrected chi connectivity index (χ0v) is 15.4. The number of alkyl halides is 3. The molecule has 1 fully saturated rings. The second-order valence-electron chi connectivity index (χ2n) is 7.12. The van der Waals surface area contributed by atoms with Gasteiger partial charge in [0.15, 0.2) is 11.6 Å². The van der Waals surface area contributed by atoms with Gasteiger partial charge in [-0.25, -0.2) is 0 Å². The van der Waals surface area contributed by atoms with Crippen molar-refractivity contribution in [1.82, 2.24) is 4.57 Å². The molecule has 2 aromatic rings. The van der Waals surface area contributed by atoms with E-state index in [1.165, 1.54) is 24.4 Å². The Labute approximate surface area is 160 Å². The Morgan fingerprint density at radius 3 is 2.46 bits per heavy atom. The van der Waals surface area contributed by atoms with Gasteiger partial charge in [-0.2, -0.15) is 13.2 Å². The number of Topliss-reactive ketones (excluding diaryl/α,β-unsaturated/α-hetero) is 2. The fourth-order valence-corrected chi connectivity index (χ4v) is 3.04. The predicted molar refractivity (Wildman–Crippen MR) is 97.5 cm³/mol. The first-order valence-corrected chi connectivity index (χ1v) is 9.16. The van der Waals surface area contributed by atoms with Gasteiger partial charge in [-0.15, -0.1) is 0 Å². The summed E-state index contributed by atoms with van der Waals surface area (Å²) >= 11 is 0. The van der Waals surface area contributed by atoms with Gasteiger partial charge in [0.2, 0.25) is 0 Å². The van der Waals surface area contributed by atoms with Crippen LogP contribution in [-0.2, 0) is 12.7 Å². The Kier molecular flexibility index (Phi) is 5.54. The zero-order chi connectivity index (χ0) is 20.5. The number of pyridine rings is 1. The molecule has 148 valence electrons. The molecule has 1 heterocycles. The second-order valence-corrected chi connectivity index (χ2v) is 7.12. The Morgan fingerprint density at radius 1 is 1.14 bits per heavy atom. The van der Waals surface area contributed by atoms with Crippen molar-refractivity contribution in [2.75, 3.05) is 0 Å². The van der Waals surface area contributed by atoms with Crippen LogP contribution in [0.5, 0.6) is 0 Å². The van der Waals surface area contributed by atoms with Crippen LogP contribution in [0.2, 0.25) is 0 Å². The Morgan fingerprint density at radius 2 is 1.86 bits per heavy atom. The van der Waals surface area contributed by atoms with Crippen molar-refractivity contribution in [3.8, 4) is 0 Å². The minimum atomic E-state index is -4.49. The first-order chi connectivity index (χ1) is 13.2. The van der Waals surface area contributed by atoms with E-state index in [-0.39, 0.29) is 35.4 Å². The molecule has 0 atom stereocenters. The van der Waals surface area contributed by atoms with Crippen molar-refractivity contribution in [3.05, 3.63) is 69.1 Å². The maximum Gasteiger partial charge on any atom is 0.416 e. The van der Waals surface area contributed by atoms with Crippen molar-refractivity contribution in [3.63, 3.8) is 0 Å². The number of ketones is 2. The number of nitrogens with zero attached hydrogens (tertiary/aromatic N) is 1. The molecule has 0 N–H and O–H groups in total. The van der Waals surface area contributed by atoms with E-state index in [2.05, 4.69) is 0 Å². The van der Waals surface area contributed by atoms with E-state index in [1.54, 1.807) is 6.92 Å². The summed E-state index contributed by atoms with van der Waals surface area (Å²) in [5.74, 6) is -0.226. The van der Waals surface area contributed by atoms with Gasteiger partial charge in [0.05, 0.1) is 17.7 Å². The van der Waals surface area contributed by atoms with E-state index in [0.29, 0.717) is 12.3 Å². The third-order valence-corrected chi connectivity index (χ3v) is 4.81. The van der Waals surface area contributed by atoms with E-state index in [1.807, 2.05) is 0 Å². The molecule has 1 saturated carbocycles. The first kappa shape index (κ1) is 20.0. The summed E-state index contributed by atoms with van der Waals surface area (Å²) in [5.41, 5.74) is -1.01. The van der Waals surface area contributed by atoms with Crippen LogP contribution in [-0.4, -0.2) is 16.1 Å². The third-order valence-electron chi connectivity index (χ3n) is 4.81. The highest BCUT2D eigenvalue weighted by Gasteiger charge is 2.30. The Balaban J connectivity index is 2.00. The summed E-state index contributed by atoms with van der Waals surface area (Å²) in [5, 5.41) is 0. The van der Waals surface area contributed by atoms with Crippen LogP contribution in [0.15, 0.2) is 41.3 Å². The van der Waals surface area contributed by atoms with Crippen molar-refractivity contribution in [1.29, 1.82) is 0 Å². The minimum Gasteiger partial charge on any atom is -0.310 e. The number of hydrogen-bond donors (Lipinski definition) is 0. The Hall–Kier alpha value is -2.70. The van der Waals surface area contributed by atoms with Crippen molar-refractivity contribution >= 4 is 11.6 Å². The van der Waals surface area contributed by atoms with E-state index in [0.717, 1.165) is 29.5 Å². The number of carbonyl (C=O) groups is 2. The maximum absolute atomic E-state index is 12.9. The summed E-state index contributed by atoms with van der Waals surface area (Å²) < 4.78 is 40.0. The van der Waals surface area contributed by atoms with Gasteiger partial charge in [-0.1, -0.05) is 19.1 Å². The molecule has 28 heavy (non-hydrogen) atoms. The van der Waals surface area contributed by atoms with Crippen molar-refractivity contribution < 1.29 is 22.8 Å². The van der Waals surface area contributed by atoms with Gasteiger partial charge in [0, 0.05) is 24.6 Å². The summed E-state index contributed by atoms with van der Waals surface area (Å²) in [4.78, 5) is 37.3. The SMILES string of the molecule is CCC(=O)c1cc(C(=O)CC2CC2)cn(Cc2cccc(C(F)(F)F)c2)c1=O. The second kappa shape index (κ2) is 7.73. The smallest absolute Gasteiger partial charge is 0.310 e. The van der Waals surface area contributed by atoms with Gasteiger partial charge >= 0.3 is 6.18 Å². The molecular weight excluding hydrogens is 371 g/mol. The summed E-state index contributed by atoms with van der Waals surface area (Å²) in [7, 11) is 0. The standard InChI is InChI=1S/C21H20F3NO3/c1-2-18(26)17-10-15(19(27)9-13-6-7-13)12-25(20(17)28)11-14-4-3-5-16(8-14)21(22,23)24/h3-5,8,10,12-13H,2,6-7,9,11H2,1H3. The molecule has 1 aromatic heterocycles. The lowest BCUT2D eigenvalue weighted by Crippen LogP contribution is -2.28. The van der Waals surface area contributed by atoms with Crippen molar-refractivity contribution in [2.45, 2.75) is 45.3 Å². The molecule has 1 aliphatic carbocycles. The highest BCUT2D eigenvalue weighted by molar-refractivity contribution is 6.01. The molecule has 0 unspecified atom stereocenters. The first-order valence-electron chi connectivity index (χ1n) is 9.16. The van der Waals surface area contributed by atoms with Crippen LogP contribution >= 0.6 is 0 Å². The molecule has 0 bridgehead atoms. The topological polar surface area (TPSA) is 56.1 Å². The lowest BCUT2D eigenvalue weighted by Gasteiger charge is -2.13. The molecule has 0 radical (unpaired) electrons. The minimum absolute atomic E-state index is 0.0963.